The maximum atomic E-state index is 12.7. The van der Waals surface area contributed by atoms with Gasteiger partial charge in [-0.05, 0) is 52.7 Å². The highest BCUT2D eigenvalue weighted by molar-refractivity contribution is 9.10. The van der Waals surface area contributed by atoms with Crippen LogP contribution in [0.3, 0.4) is 0 Å². The van der Waals surface area contributed by atoms with Crippen LogP contribution in [-0.2, 0) is 12.7 Å². The zero-order chi connectivity index (χ0) is 14.8. The van der Waals surface area contributed by atoms with Crippen LogP contribution in [0, 0.1) is 6.92 Å². The Hall–Kier alpha value is -1.56. The third-order valence-corrected chi connectivity index (χ3v) is 3.28. The van der Waals surface area contributed by atoms with Crippen LogP contribution in [0.15, 0.2) is 41.0 Å². The Morgan fingerprint density at radius 2 is 1.95 bits per heavy atom. The fourth-order valence-corrected chi connectivity index (χ4v) is 1.92. The first-order chi connectivity index (χ1) is 9.36. The van der Waals surface area contributed by atoms with E-state index in [4.69, 9.17) is 0 Å². The van der Waals surface area contributed by atoms with Crippen LogP contribution in [0.5, 0.6) is 0 Å². The number of hydrogen-bond acceptors (Lipinski definition) is 2. The highest BCUT2D eigenvalue weighted by Crippen LogP contribution is 2.32. The van der Waals surface area contributed by atoms with E-state index in [-0.39, 0.29) is 0 Å². The van der Waals surface area contributed by atoms with E-state index < -0.39 is 11.7 Å². The lowest BCUT2D eigenvalue weighted by atomic mass is 10.1. The first kappa shape index (κ1) is 14.8. The Bertz CT molecular complexity index is 594. The normalized spacial score (nSPS) is 11.4. The van der Waals surface area contributed by atoms with E-state index in [0.717, 1.165) is 27.9 Å². The molecule has 0 spiro atoms. The van der Waals surface area contributed by atoms with Crippen molar-refractivity contribution in [3.8, 4) is 0 Å². The Morgan fingerprint density at radius 1 is 1.20 bits per heavy atom. The minimum atomic E-state index is -4.33. The number of halogens is 4. The molecule has 0 saturated heterocycles. The Labute approximate surface area is 123 Å². The molecule has 106 valence electrons. The summed E-state index contributed by atoms with van der Waals surface area (Å²) >= 11 is 3.28. The van der Waals surface area contributed by atoms with Gasteiger partial charge in [0.25, 0.3) is 0 Å². The summed E-state index contributed by atoms with van der Waals surface area (Å²) in [4.78, 5) is 4.16. The molecule has 6 heteroatoms. The Kier molecular flexibility index (Phi) is 4.32. The summed E-state index contributed by atoms with van der Waals surface area (Å²) in [5, 5.41) is 2.98. The number of rotatable bonds is 3. The lowest BCUT2D eigenvalue weighted by Gasteiger charge is -2.13. The second-order valence-corrected chi connectivity index (χ2v) is 5.26. The number of benzene rings is 1. The molecule has 0 atom stereocenters. The van der Waals surface area contributed by atoms with Gasteiger partial charge in [-0.3, -0.25) is 4.98 Å². The van der Waals surface area contributed by atoms with Crippen LogP contribution in [0.2, 0.25) is 0 Å². The van der Waals surface area contributed by atoms with Gasteiger partial charge in [0.15, 0.2) is 0 Å². The molecule has 0 amide bonds. The SMILES string of the molecule is Cc1ccc(C(F)(F)F)cc1NCc1ccc(Br)cn1. The standard InChI is InChI=1S/C14H12BrF3N2/c1-9-2-3-10(14(16,17)18)6-13(9)20-8-12-5-4-11(15)7-19-12/h2-7,20H,8H2,1H3. The van der Waals surface area contributed by atoms with E-state index in [2.05, 4.69) is 26.2 Å². The number of nitrogens with one attached hydrogen (secondary N) is 1. The van der Waals surface area contributed by atoms with Crippen LogP contribution in [0.25, 0.3) is 0 Å². The molecule has 0 aliphatic carbocycles. The third kappa shape index (κ3) is 3.72. The van der Waals surface area contributed by atoms with Crippen molar-refractivity contribution in [3.63, 3.8) is 0 Å². The highest BCUT2D eigenvalue weighted by atomic mass is 79.9. The van der Waals surface area contributed by atoms with Crippen molar-refractivity contribution < 1.29 is 13.2 Å². The van der Waals surface area contributed by atoms with Crippen molar-refractivity contribution in [3.05, 3.63) is 57.8 Å². The largest absolute Gasteiger partial charge is 0.416 e. The molecule has 0 fully saturated rings. The van der Waals surface area contributed by atoms with Gasteiger partial charge in [0.1, 0.15) is 0 Å². The van der Waals surface area contributed by atoms with Crippen molar-refractivity contribution in [2.45, 2.75) is 19.6 Å². The number of aromatic nitrogens is 1. The maximum Gasteiger partial charge on any atom is 0.416 e. The van der Waals surface area contributed by atoms with E-state index in [9.17, 15) is 13.2 Å². The number of hydrogen-bond donors (Lipinski definition) is 1. The number of alkyl halides is 3. The monoisotopic (exact) mass is 344 g/mol. The summed E-state index contributed by atoms with van der Waals surface area (Å²) in [7, 11) is 0. The van der Waals surface area contributed by atoms with Crippen LogP contribution in [0.1, 0.15) is 16.8 Å². The molecule has 1 N–H and O–H groups in total. The van der Waals surface area contributed by atoms with Crippen molar-refractivity contribution in [2.24, 2.45) is 0 Å². The highest BCUT2D eigenvalue weighted by Gasteiger charge is 2.30. The smallest absolute Gasteiger partial charge is 0.379 e. The summed E-state index contributed by atoms with van der Waals surface area (Å²) in [6, 6.07) is 7.30. The summed E-state index contributed by atoms with van der Waals surface area (Å²) < 4.78 is 38.8. The fourth-order valence-electron chi connectivity index (χ4n) is 1.69. The third-order valence-electron chi connectivity index (χ3n) is 2.81. The predicted molar refractivity (Wildman–Crippen MR) is 75.4 cm³/mol. The molecule has 0 aliphatic rings. The molecule has 1 heterocycles. The average molecular weight is 345 g/mol. The van der Waals surface area contributed by atoms with Crippen LogP contribution in [-0.4, -0.2) is 4.98 Å². The molecule has 2 nitrogen and oxygen atoms in total. The molecule has 0 unspecified atom stereocenters. The van der Waals surface area contributed by atoms with E-state index in [1.165, 1.54) is 6.07 Å². The molecule has 0 radical (unpaired) electrons. The second-order valence-electron chi connectivity index (χ2n) is 4.35. The summed E-state index contributed by atoms with van der Waals surface area (Å²) in [5.41, 5.74) is 1.32. The topological polar surface area (TPSA) is 24.9 Å². The Morgan fingerprint density at radius 3 is 2.55 bits per heavy atom. The molecule has 1 aromatic heterocycles. The summed E-state index contributed by atoms with van der Waals surface area (Å²) in [6.45, 7) is 2.13. The zero-order valence-corrected chi connectivity index (χ0v) is 12.2. The van der Waals surface area contributed by atoms with Crippen molar-refractivity contribution in [1.82, 2.24) is 4.98 Å². The number of anilines is 1. The van der Waals surface area contributed by atoms with Crippen molar-refractivity contribution in [1.29, 1.82) is 0 Å². The molecule has 2 rings (SSSR count). The van der Waals surface area contributed by atoms with Crippen LogP contribution < -0.4 is 5.32 Å². The maximum absolute atomic E-state index is 12.7. The van der Waals surface area contributed by atoms with Gasteiger partial charge in [-0.25, -0.2) is 0 Å². The first-order valence-corrected chi connectivity index (χ1v) is 6.68. The van der Waals surface area contributed by atoms with Crippen LogP contribution in [0.4, 0.5) is 18.9 Å². The van der Waals surface area contributed by atoms with E-state index >= 15 is 0 Å². The molecular formula is C14H12BrF3N2. The van der Waals surface area contributed by atoms with Gasteiger partial charge in [0.05, 0.1) is 17.8 Å². The van der Waals surface area contributed by atoms with E-state index in [1.807, 2.05) is 6.07 Å². The Balaban J connectivity index is 2.14. The molecule has 1 aromatic carbocycles. The minimum absolute atomic E-state index is 0.370. The lowest BCUT2D eigenvalue weighted by molar-refractivity contribution is -0.137. The number of aryl methyl sites for hydroxylation is 1. The molecule has 2 aromatic rings. The van der Waals surface area contributed by atoms with Gasteiger partial charge in [-0.2, -0.15) is 13.2 Å². The summed E-state index contributed by atoms with van der Waals surface area (Å²) in [6.07, 6.45) is -2.68. The van der Waals surface area contributed by atoms with Gasteiger partial charge >= 0.3 is 6.18 Å². The minimum Gasteiger partial charge on any atom is -0.379 e. The van der Waals surface area contributed by atoms with E-state index in [1.54, 1.807) is 19.2 Å². The van der Waals surface area contributed by atoms with Crippen molar-refractivity contribution >= 4 is 21.6 Å². The lowest BCUT2D eigenvalue weighted by Crippen LogP contribution is -2.08. The molecule has 0 bridgehead atoms. The predicted octanol–water partition coefficient (Wildman–Crippen LogP) is 4.78. The van der Waals surface area contributed by atoms with Crippen LogP contribution >= 0.6 is 15.9 Å². The van der Waals surface area contributed by atoms with Gasteiger partial charge < -0.3 is 5.32 Å². The summed E-state index contributed by atoms with van der Waals surface area (Å²) in [5.74, 6) is 0. The number of nitrogens with zero attached hydrogens (tertiary/aromatic N) is 1. The molecule has 0 aliphatic heterocycles. The zero-order valence-electron chi connectivity index (χ0n) is 10.6. The molecular weight excluding hydrogens is 333 g/mol. The quantitative estimate of drug-likeness (QED) is 0.866. The van der Waals surface area contributed by atoms with E-state index in [0.29, 0.717) is 12.2 Å². The van der Waals surface area contributed by atoms with Crippen molar-refractivity contribution in [2.75, 3.05) is 5.32 Å². The first-order valence-electron chi connectivity index (χ1n) is 5.88. The van der Waals surface area contributed by atoms with Gasteiger partial charge in [-0.15, -0.1) is 0 Å². The average Bonchev–Trinajstić information content (AvgIpc) is 2.38. The van der Waals surface area contributed by atoms with Gasteiger partial charge in [0.2, 0.25) is 0 Å². The molecule has 20 heavy (non-hydrogen) atoms. The molecule has 0 saturated carbocycles. The number of pyridine rings is 1. The second kappa shape index (κ2) is 5.83. The van der Waals surface area contributed by atoms with Gasteiger partial charge in [-0.1, -0.05) is 6.07 Å². The van der Waals surface area contributed by atoms with Gasteiger partial charge in [0, 0.05) is 16.4 Å². The fraction of sp³-hybridized carbons (Fsp3) is 0.214.